The van der Waals surface area contributed by atoms with Crippen molar-refractivity contribution in [1.82, 2.24) is 10.2 Å². The highest BCUT2D eigenvalue weighted by atomic mass is 127. The number of aliphatic imine (C=N–C) groups is 1. The summed E-state index contributed by atoms with van der Waals surface area (Å²) in [4.78, 5) is 6.62. The van der Waals surface area contributed by atoms with E-state index in [0.717, 1.165) is 19.6 Å². The lowest BCUT2D eigenvalue weighted by atomic mass is 10.1. The Morgan fingerprint density at radius 3 is 2.44 bits per heavy atom. The summed E-state index contributed by atoms with van der Waals surface area (Å²) in [5.74, 6) is 0.626. The van der Waals surface area contributed by atoms with E-state index in [4.69, 9.17) is 5.73 Å². The van der Waals surface area contributed by atoms with Crippen LogP contribution in [0.15, 0.2) is 4.99 Å². The molecule has 4 nitrogen and oxygen atoms in total. The van der Waals surface area contributed by atoms with Gasteiger partial charge in [0.25, 0.3) is 0 Å². The van der Waals surface area contributed by atoms with Gasteiger partial charge < -0.3 is 16.0 Å². The summed E-state index contributed by atoms with van der Waals surface area (Å²) in [5.41, 5.74) is 5.90. The van der Waals surface area contributed by atoms with Gasteiger partial charge in [-0.05, 0) is 26.4 Å². The molecule has 1 fully saturated rings. The van der Waals surface area contributed by atoms with Crippen molar-refractivity contribution in [1.29, 1.82) is 0 Å². The fourth-order valence-corrected chi connectivity index (χ4v) is 2.18. The molecule has 0 saturated heterocycles. The van der Waals surface area contributed by atoms with Gasteiger partial charge in [-0.25, -0.2) is 0 Å². The molecule has 1 aliphatic carbocycles. The lowest BCUT2D eigenvalue weighted by Crippen LogP contribution is -2.40. The molecule has 0 aromatic carbocycles. The van der Waals surface area contributed by atoms with Gasteiger partial charge in [0, 0.05) is 12.6 Å². The van der Waals surface area contributed by atoms with Gasteiger partial charge in [0.05, 0.1) is 6.54 Å². The molecule has 0 bridgehead atoms. The topological polar surface area (TPSA) is 53.6 Å². The van der Waals surface area contributed by atoms with Gasteiger partial charge >= 0.3 is 0 Å². The smallest absolute Gasteiger partial charge is 0.188 e. The SMILES string of the molecule is CCN(C)CCN=C(N)NC1CCCCCC1.I. The zero-order valence-electron chi connectivity index (χ0n) is 11.8. The van der Waals surface area contributed by atoms with Crippen LogP contribution < -0.4 is 11.1 Å². The molecule has 1 aliphatic rings. The van der Waals surface area contributed by atoms with E-state index >= 15 is 0 Å². The summed E-state index contributed by atoms with van der Waals surface area (Å²) in [5, 5.41) is 3.36. The minimum absolute atomic E-state index is 0. The molecular formula is C13H29IN4. The van der Waals surface area contributed by atoms with Crippen molar-refractivity contribution in [3.8, 4) is 0 Å². The quantitative estimate of drug-likeness (QED) is 0.339. The van der Waals surface area contributed by atoms with Gasteiger partial charge in [-0.3, -0.25) is 4.99 Å². The number of nitrogens with one attached hydrogen (secondary N) is 1. The molecule has 0 aromatic rings. The van der Waals surface area contributed by atoms with E-state index in [2.05, 4.69) is 29.2 Å². The number of halogens is 1. The highest BCUT2D eigenvalue weighted by Crippen LogP contribution is 2.16. The van der Waals surface area contributed by atoms with Gasteiger partial charge in [-0.1, -0.05) is 32.6 Å². The lowest BCUT2D eigenvalue weighted by molar-refractivity contribution is 0.363. The van der Waals surface area contributed by atoms with Crippen molar-refractivity contribution >= 4 is 29.9 Å². The molecule has 18 heavy (non-hydrogen) atoms. The number of hydrogen-bond acceptors (Lipinski definition) is 2. The van der Waals surface area contributed by atoms with Crippen LogP contribution in [0.1, 0.15) is 45.4 Å². The van der Waals surface area contributed by atoms with Crippen molar-refractivity contribution in [3.05, 3.63) is 0 Å². The third-order valence-electron chi connectivity index (χ3n) is 3.51. The number of rotatable bonds is 5. The summed E-state index contributed by atoms with van der Waals surface area (Å²) in [6.07, 6.45) is 7.87. The van der Waals surface area contributed by atoms with Crippen molar-refractivity contribution in [2.24, 2.45) is 10.7 Å². The molecule has 0 aliphatic heterocycles. The first kappa shape index (κ1) is 18.0. The van der Waals surface area contributed by atoms with Crippen LogP contribution in [-0.2, 0) is 0 Å². The van der Waals surface area contributed by atoms with Crippen LogP contribution in [0, 0.1) is 0 Å². The molecule has 0 heterocycles. The number of nitrogens with two attached hydrogens (primary N) is 1. The van der Waals surface area contributed by atoms with E-state index in [1.165, 1.54) is 38.5 Å². The second-order valence-electron chi connectivity index (χ2n) is 5.00. The van der Waals surface area contributed by atoms with E-state index in [9.17, 15) is 0 Å². The molecule has 0 amide bonds. The molecule has 3 N–H and O–H groups in total. The Morgan fingerprint density at radius 2 is 1.89 bits per heavy atom. The Labute approximate surface area is 129 Å². The highest BCUT2D eigenvalue weighted by molar-refractivity contribution is 14.0. The van der Waals surface area contributed by atoms with Gasteiger partial charge in [-0.2, -0.15) is 0 Å². The Bertz CT molecular complexity index is 225. The average Bonchev–Trinajstić information content (AvgIpc) is 2.57. The Hall–Kier alpha value is -0.0400. The zero-order valence-corrected chi connectivity index (χ0v) is 14.2. The van der Waals surface area contributed by atoms with Crippen LogP contribution in [0.25, 0.3) is 0 Å². The number of nitrogens with zero attached hydrogens (tertiary/aromatic N) is 2. The molecule has 0 unspecified atom stereocenters. The Balaban J connectivity index is 0.00000289. The molecule has 5 heteroatoms. The maximum atomic E-state index is 5.90. The van der Waals surface area contributed by atoms with Gasteiger partial charge in [0.1, 0.15) is 0 Å². The minimum atomic E-state index is 0. The molecule has 0 aromatic heterocycles. The predicted octanol–water partition coefficient (Wildman–Crippen LogP) is 2.18. The van der Waals surface area contributed by atoms with E-state index < -0.39 is 0 Å². The van der Waals surface area contributed by atoms with Crippen LogP contribution in [-0.4, -0.2) is 43.6 Å². The molecule has 0 atom stereocenters. The number of guanidine groups is 1. The fourth-order valence-electron chi connectivity index (χ4n) is 2.18. The standard InChI is InChI=1S/C13H28N4.HI/c1-3-17(2)11-10-15-13(14)16-12-8-6-4-5-7-9-12;/h12H,3-11H2,1-2H3,(H3,14,15,16);1H. The van der Waals surface area contributed by atoms with E-state index in [1.807, 2.05) is 0 Å². The molecule has 0 spiro atoms. The first-order chi connectivity index (χ1) is 8.22. The van der Waals surface area contributed by atoms with Crippen LogP contribution in [0.2, 0.25) is 0 Å². The average molecular weight is 368 g/mol. The Kier molecular flexibility index (Phi) is 10.8. The third-order valence-corrected chi connectivity index (χ3v) is 3.51. The molecule has 1 saturated carbocycles. The lowest BCUT2D eigenvalue weighted by Gasteiger charge is -2.17. The van der Waals surface area contributed by atoms with Gasteiger partial charge in [0.2, 0.25) is 0 Å². The van der Waals surface area contributed by atoms with Crippen LogP contribution in [0.3, 0.4) is 0 Å². The van der Waals surface area contributed by atoms with Gasteiger partial charge in [-0.15, -0.1) is 24.0 Å². The molecule has 0 radical (unpaired) electrons. The summed E-state index contributed by atoms with van der Waals surface area (Å²) in [6.45, 7) is 4.97. The van der Waals surface area contributed by atoms with Crippen molar-refractivity contribution in [2.45, 2.75) is 51.5 Å². The first-order valence-corrected chi connectivity index (χ1v) is 6.97. The summed E-state index contributed by atoms with van der Waals surface area (Å²) < 4.78 is 0. The van der Waals surface area contributed by atoms with Crippen molar-refractivity contribution < 1.29 is 0 Å². The highest BCUT2D eigenvalue weighted by Gasteiger charge is 2.11. The second-order valence-corrected chi connectivity index (χ2v) is 5.00. The molecule has 108 valence electrons. The number of hydrogen-bond donors (Lipinski definition) is 2. The monoisotopic (exact) mass is 368 g/mol. The van der Waals surface area contributed by atoms with Crippen LogP contribution >= 0.6 is 24.0 Å². The molecule has 1 rings (SSSR count). The number of likely N-dealkylation sites (N-methyl/N-ethyl adjacent to an activating group) is 1. The van der Waals surface area contributed by atoms with Crippen molar-refractivity contribution in [3.63, 3.8) is 0 Å². The summed E-state index contributed by atoms with van der Waals surface area (Å²) in [6, 6.07) is 0.546. The largest absolute Gasteiger partial charge is 0.370 e. The van der Waals surface area contributed by atoms with Crippen molar-refractivity contribution in [2.75, 3.05) is 26.7 Å². The van der Waals surface area contributed by atoms with E-state index in [1.54, 1.807) is 0 Å². The first-order valence-electron chi connectivity index (χ1n) is 6.97. The van der Waals surface area contributed by atoms with Crippen LogP contribution in [0.5, 0.6) is 0 Å². The maximum Gasteiger partial charge on any atom is 0.188 e. The second kappa shape index (κ2) is 10.8. The Morgan fingerprint density at radius 1 is 1.28 bits per heavy atom. The molecular weight excluding hydrogens is 339 g/mol. The normalized spacial score (nSPS) is 18.3. The maximum absolute atomic E-state index is 5.90. The van der Waals surface area contributed by atoms with Gasteiger partial charge in [0.15, 0.2) is 5.96 Å². The van der Waals surface area contributed by atoms with E-state index in [-0.39, 0.29) is 24.0 Å². The predicted molar refractivity (Wildman–Crippen MR) is 89.7 cm³/mol. The summed E-state index contributed by atoms with van der Waals surface area (Å²) in [7, 11) is 2.10. The third kappa shape index (κ3) is 8.13. The van der Waals surface area contributed by atoms with Crippen LogP contribution in [0.4, 0.5) is 0 Å². The fraction of sp³-hybridized carbons (Fsp3) is 0.923. The van der Waals surface area contributed by atoms with E-state index in [0.29, 0.717) is 12.0 Å². The zero-order chi connectivity index (χ0) is 12.5. The summed E-state index contributed by atoms with van der Waals surface area (Å²) >= 11 is 0. The minimum Gasteiger partial charge on any atom is -0.370 e.